The molecule has 1 aromatic heterocycles. The van der Waals surface area contributed by atoms with Gasteiger partial charge in [-0.3, -0.25) is 15.0 Å². The van der Waals surface area contributed by atoms with Crippen molar-refractivity contribution in [3.05, 3.63) is 55.2 Å². The maximum atomic E-state index is 10.9. The summed E-state index contributed by atoms with van der Waals surface area (Å²) in [6.07, 6.45) is 0. The first-order valence-corrected chi connectivity index (χ1v) is 8.69. The van der Waals surface area contributed by atoms with Gasteiger partial charge < -0.3 is 4.90 Å². The summed E-state index contributed by atoms with van der Waals surface area (Å²) in [4.78, 5) is 16.5. The second-order valence-electron chi connectivity index (χ2n) is 5.25. The highest BCUT2D eigenvalue weighted by atomic mass is 79.9. The average molecular weight is 382 g/mol. The molecular formula is C15H16BrN3O2S. The summed E-state index contributed by atoms with van der Waals surface area (Å²) in [5.74, 6) is 0. The minimum Gasteiger partial charge on any atom is -0.369 e. The molecule has 0 bridgehead atoms. The lowest BCUT2D eigenvalue weighted by molar-refractivity contribution is -0.384. The Bertz CT molecular complexity index is 668. The molecule has 0 aliphatic carbocycles. The van der Waals surface area contributed by atoms with E-state index in [1.54, 1.807) is 23.5 Å². The van der Waals surface area contributed by atoms with E-state index in [1.165, 1.54) is 10.9 Å². The molecule has 0 unspecified atom stereocenters. The van der Waals surface area contributed by atoms with Crippen molar-refractivity contribution < 1.29 is 4.92 Å². The molecule has 1 aliphatic rings. The average Bonchev–Trinajstić information content (AvgIpc) is 2.93. The first-order chi connectivity index (χ1) is 10.6. The van der Waals surface area contributed by atoms with Crippen molar-refractivity contribution in [3.8, 4) is 0 Å². The van der Waals surface area contributed by atoms with Gasteiger partial charge in [-0.05, 0) is 34.1 Å². The van der Waals surface area contributed by atoms with Crippen LogP contribution in [0.2, 0.25) is 0 Å². The number of nitro groups is 1. The predicted molar refractivity (Wildman–Crippen MR) is 92.6 cm³/mol. The highest BCUT2D eigenvalue weighted by molar-refractivity contribution is 9.11. The van der Waals surface area contributed by atoms with Gasteiger partial charge in [0.2, 0.25) is 0 Å². The number of piperazine rings is 1. The van der Waals surface area contributed by atoms with Gasteiger partial charge in [-0.15, -0.1) is 11.3 Å². The number of hydrogen-bond acceptors (Lipinski definition) is 5. The van der Waals surface area contributed by atoms with Gasteiger partial charge in [-0.25, -0.2) is 0 Å². The number of nitrogens with zero attached hydrogens (tertiary/aromatic N) is 3. The van der Waals surface area contributed by atoms with Crippen LogP contribution in [0.4, 0.5) is 11.4 Å². The smallest absolute Gasteiger partial charge is 0.271 e. The first kappa shape index (κ1) is 15.5. The number of hydrogen-bond donors (Lipinski definition) is 0. The summed E-state index contributed by atoms with van der Waals surface area (Å²) in [7, 11) is 0. The molecule has 1 aromatic carbocycles. The minimum absolute atomic E-state index is 0.156. The molecule has 2 heterocycles. The number of benzene rings is 1. The second-order valence-corrected chi connectivity index (χ2v) is 7.79. The molecule has 1 aliphatic heterocycles. The lowest BCUT2D eigenvalue weighted by atomic mass is 10.2. The van der Waals surface area contributed by atoms with E-state index in [4.69, 9.17) is 0 Å². The SMILES string of the molecule is O=[N+]([O-])c1cccc(N2CCN(Cc3ccc(Br)s3)CC2)c1. The molecule has 0 N–H and O–H groups in total. The molecule has 1 saturated heterocycles. The maximum Gasteiger partial charge on any atom is 0.271 e. The van der Waals surface area contributed by atoms with E-state index in [0.717, 1.165) is 42.2 Å². The van der Waals surface area contributed by atoms with Crippen LogP contribution in [0, 0.1) is 10.1 Å². The van der Waals surface area contributed by atoms with Crippen LogP contribution >= 0.6 is 27.3 Å². The molecule has 5 nitrogen and oxygen atoms in total. The molecule has 0 amide bonds. The summed E-state index contributed by atoms with van der Waals surface area (Å²) < 4.78 is 1.16. The zero-order valence-electron chi connectivity index (χ0n) is 11.9. The normalized spacial score (nSPS) is 16.0. The molecule has 2 aromatic rings. The van der Waals surface area contributed by atoms with Crippen molar-refractivity contribution in [1.82, 2.24) is 4.90 Å². The van der Waals surface area contributed by atoms with Gasteiger partial charge >= 0.3 is 0 Å². The van der Waals surface area contributed by atoms with Crippen molar-refractivity contribution in [2.45, 2.75) is 6.54 Å². The third-order valence-electron chi connectivity index (χ3n) is 3.79. The molecule has 116 valence electrons. The molecule has 0 atom stereocenters. The van der Waals surface area contributed by atoms with E-state index in [-0.39, 0.29) is 10.6 Å². The Morgan fingerprint density at radius 1 is 1.18 bits per heavy atom. The van der Waals surface area contributed by atoms with Crippen LogP contribution in [0.25, 0.3) is 0 Å². The van der Waals surface area contributed by atoms with Crippen LogP contribution in [0.15, 0.2) is 40.2 Å². The van der Waals surface area contributed by atoms with E-state index >= 15 is 0 Å². The molecule has 0 radical (unpaired) electrons. The largest absolute Gasteiger partial charge is 0.369 e. The van der Waals surface area contributed by atoms with E-state index < -0.39 is 0 Å². The lowest BCUT2D eigenvalue weighted by Crippen LogP contribution is -2.45. The summed E-state index contributed by atoms with van der Waals surface area (Å²) in [5.41, 5.74) is 1.09. The second kappa shape index (κ2) is 6.76. The van der Waals surface area contributed by atoms with Crippen molar-refractivity contribution >= 4 is 38.6 Å². The van der Waals surface area contributed by atoms with Crippen LogP contribution < -0.4 is 4.90 Å². The molecular weight excluding hydrogens is 366 g/mol. The molecule has 7 heteroatoms. The van der Waals surface area contributed by atoms with Crippen molar-refractivity contribution in [2.24, 2.45) is 0 Å². The number of rotatable bonds is 4. The van der Waals surface area contributed by atoms with E-state index in [0.29, 0.717) is 0 Å². The van der Waals surface area contributed by atoms with Gasteiger partial charge in [0, 0.05) is 55.4 Å². The van der Waals surface area contributed by atoms with E-state index in [2.05, 4.69) is 37.9 Å². The lowest BCUT2D eigenvalue weighted by Gasteiger charge is -2.35. The molecule has 0 saturated carbocycles. The van der Waals surface area contributed by atoms with Crippen LogP contribution in [0.5, 0.6) is 0 Å². The Hall–Kier alpha value is -1.44. The van der Waals surface area contributed by atoms with Gasteiger partial charge in [-0.2, -0.15) is 0 Å². The van der Waals surface area contributed by atoms with Crippen LogP contribution in [0.1, 0.15) is 4.88 Å². The van der Waals surface area contributed by atoms with Gasteiger partial charge in [0.1, 0.15) is 0 Å². The number of thiophene rings is 1. The van der Waals surface area contributed by atoms with Crippen LogP contribution in [0.3, 0.4) is 0 Å². The monoisotopic (exact) mass is 381 g/mol. The topological polar surface area (TPSA) is 49.6 Å². The van der Waals surface area contributed by atoms with E-state index in [1.807, 2.05) is 6.07 Å². The van der Waals surface area contributed by atoms with Gasteiger partial charge in [0.05, 0.1) is 8.71 Å². The third kappa shape index (κ3) is 3.66. The summed E-state index contributed by atoms with van der Waals surface area (Å²) in [5, 5.41) is 10.9. The minimum atomic E-state index is -0.339. The quantitative estimate of drug-likeness (QED) is 0.597. The Labute approximate surface area is 141 Å². The standard InChI is InChI=1S/C15H16BrN3O2S/c16-15-5-4-14(22-15)11-17-6-8-18(9-7-17)12-2-1-3-13(10-12)19(20)21/h1-5,10H,6-9,11H2. The van der Waals surface area contributed by atoms with Crippen molar-refractivity contribution in [1.29, 1.82) is 0 Å². The third-order valence-corrected chi connectivity index (χ3v) is 5.39. The first-order valence-electron chi connectivity index (χ1n) is 7.08. The number of halogens is 1. The van der Waals surface area contributed by atoms with Crippen molar-refractivity contribution in [2.75, 3.05) is 31.1 Å². The van der Waals surface area contributed by atoms with Gasteiger partial charge in [0.25, 0.3) is 5.69 Å². The highest BCUT2D eigenvalue weighted by Gasteiger charge is 2.19. The van der Waals surface area contributed by atoms with Crippen LogP contribution in [-0.2, 0) is 6.54 Å². The Balaban J connectivity index is 1.59. The Kier molecular flexibility index (Phi) is 4.75. The summed E-state index contributed by atoms with van der Waals surface area (Å²) in [6, 6.07) is 11.1. The number of anilines is 1. The molecule has 1 fully saturated rings. The fraction of sp³-hybridized carbons (Fsp3) is 0.333. The molecule has 0 spiro atoms. The fourth-order valence-electron chi connectivity index (χ4n) is 2.62. The van der Waals surface area contributed by atoms with Crippen molar-refractivity contribution in [3.63, 3.8) is 0 Å². The Morgan fingerprint density at radius 2 is 1.95 bits per heavy atom. The zero-order chi connectivity index (χ0) is 15.5. The molecule has 3 rings (SSSR count). The highest BCUT2D eigenvalue weighted by Crippen LogP contribution is 2.25. The van der Waals surface area contributed by atoms with Gasteiger partial charge in [-0.1, -0.05) is 6.07 Å². The fourth-order valence-corrected chi connectivity index (χ4v) is 4.15. The van der Waals surface area contributed by atoms with Crippen LogP contribution in [-0.4, -0.2) is 36.0 Å². The number of non-ortho nitro benzene ring substituents is 1. The van der Waals surface area contributed by atoms with E-state index in [9.17, 15) is 10.1 Å². The number of nitro benzene ring substituents is 1. The summed E-state index contributed by atoms with van der Waals surface area (Å²) >= 11 is 5.26. The zero-order valence-corrected chi connectivity index (χ0v) is 14.3. The Morgan fingerprint density at radius 3 is 2.59 bits per heavy atom. The molecule has 22 heavy (non-hydrogen) atoms. The summed E-state index contributed by atoms with van der Waals surface area (Å²) in [6.45, 7) is 4.71. The predicted octanol–water partition coefficient (Wildman–Crippen LogP) is 3.74. The maximum absolute atomic E-state index is 10.9. The van der Waals surface area contributed by atoms with Gasteiger partial charge in [0.15, 0.2) is 0 Å².